The maximum Gasteiger partial charge on any atom is 0.356 e. The predicted octanol–water partition coefficient (Wildman–Crippen LogP) is 1.07. The minimum absolute atomic E-state index is 0.00272. The lowest BCUT2D eigenvalue weighted by Crippen LogP contribution is -2.11. The number of rotatable bonds is 5. The summed E-state index contributed by atoms with van der Waals surface area (Å²) in [5.41, 5.74) is 6.05. The Morgan fingerprint density at radius 1 is 1.14 bits per heavy atom. The number of benzene rings is 1. The number of anilines is 2. The molecule has 0 spiro atoms. The Kier molecular flexibility index (Phi) is 3.98. The monoisotopic (exact) mass is 288 g/mol. The third-order valence-electron chi connectivity index (χ3n) is 2.65. The summed E-state index contributed by atoms with van der Waals surface area (Å²) in [4.78, 5) is 29.4. The van der Waals surface area contributed by atoms with Gasteiger partial charge in [-0.2, -0.15) is 0 Å². The van der Waals surface area contributed by atoms with Gasteiger partial charge in [-0.3, -0.25) is 0 Å². The molecule has 8 heteroatoms. The average molecular weight is 288 g/mol. The summed E-state index contributed by atoms with van der Waals surface area (Å²) in [5.74, 6) is -1.96. The summed E-state index contributed by atoms with van der Waals surface area (Å²) in [6.45, 7) is 0.187. The molecular weight excluding hydrogens is 276 g/mol. The third-order valence-corrected chi connectivity index (χ3v) is 2.65. The quantitative estimate of drug-likeness (QED) is 0.640. The smallest absolute Gasteiger partial charge is 0.356 e. The van der Waals surface area contributed by atoms with Crippen molar-refractivity contribution in [3.05, 3.63) is 47.5 Å². The molecule has 5 N–H and O–H groups in total. The second kappa shape index (κ2) is 5.87. The van der Waals surface area contributed by atoms with Crippen LogP contribution in [0.4, 0.5) is 11.4 Å². The van der Waals surface area contributed by atoms with Crippen LogP contribution in [0.2, 0.25) is 0 Å². The minimum atomic E-state index is -1.22. The van der Waals surface area contributed by atoms with Crippen molar-refractivity contribution in [1.82, 2.24) is 9.97 Å². The molecule has 1 heterocycles. The maximum atomic E-state index is 10.9. The Labute approximate surface area is 119 Å². The lowest BCUT2D eigenvalue weighted by atomic mass is 10.2. The van der Waals surface area contributed by atoms with Crippen molar-refractivity contribution in [2.45, 2.75) is 6.54 Å². The largest absolute Gasteiger partial charge is 0.478 e. The van der Waals surface area contributed by atoms with E-state index < -0.39 is 11.9 Å². The first-order chi connectivity index (χ1) is 9.97. The topological polar surface area (TPSA) is 138 Å². The van der Waals surface area contributed by atoms with Crippen LogP contribution in [-0.4, -0.2) is 32.1 Å². The van der Waals surface area contributed by atoms with Crippen LogP contribution in [-0.2, 0) is 6.54 Å². The van der Waals surface area contributed by atoms with E-state index in [4.69, 9.17) is 15.9 Å². The summed E-state index contributed by atoms with van der Waals surface area (Å²) < 4.78 is 0. The molecule has 0 atom stereocenters. The molecule has 0 unspecified atom stereocenters. The molecule has 0 aliphatic carbocycles. The van der Waals surface area contributed by atoms with Crippen molar-refractivity contribution in [1.29, 1.82) is 0 Å². The van der Waals surface area contributed by atoms with Crippen molar-refractivity contribution >= 4 is 23.3 Å². The van der Waals surface area contributed by atoms with Crippen molar-refractivity contribution < 1.29 is 19.8 Å². The van der Waals surface area contributed by atoms with E-state index in [0.29, 0.717) is 5.69 Å². The fraction of sp³-hybridized carbons (Fsp3) is 0.0769. The summed E-state index contributed by atoms with van der Waals surface area (Å²) in [7, 11) is 0. The molecule has 1 aromatic carbocycles. The van der Waals surface area contributed by atoms with Gasteiger partial charge in [-0.05, 0) is 24.3 Å². The summed E-state index contributed by atoms with van der Waals surface area (Å²) in [5, 5.41) is 20.7. The Hall–Kier alpha value is -3.16. The fourth-order valence-electron chi connectivity index (χ4n) is 1.60. The Balaban J connectivity index is 2.07. The zero-order valence-electron chi connectivity index (χ0n) is 10.8. The van der Waals surface area contributed by atoms with Crippen molar-refractivity contribution in [3.8, 4) is 0 Å². The van der Waals surface area contributed by atoms with Crippen LogP contribution in [0, 0.1) is 0 Å². The van der Waals surface area contributed by atoms with E-state index in [2.05, 4.69) is 15.3 Å². The van der Waals surface area contributed by atoms with Gasteiger partial charge in [0.15, 0.2) is 5.69 Å². The number of hydrogen-bond donors (Lipinski definition) is 4. The molecule has 0 saturated carbocycles. The molecule has 0 amide bonds. The average Bonchev–Trinajstić information content (AvgIpc) is 2.46. The Bertz CT molecular complexity index is 685. The van der Waals surface area contributed by atoms with Crippen LogP contribution in [0.5, 0.6) is 0 Å². The number of hydrogen-bond acceptors (Lipinski definition) is 6. The molecule has 1 aromatic heterocycles. The minimum Gasteiger partial charge on any atom is -0.478 e. The van der Waals surface area contributed by atoms with Crippen LogP contribution in [0.15, 0.2) is 30.5 Å². The van der Waals surface area contributed by atoms with Crippen LogP contribution in [0.3, 0.4) is 0 Å². The second-order valence-electron chi connectivity index (χ2n) is 4.13. The number of nitrogen functional groups attached to an aromatic ring is 1. The van der Waals surface area contributed by atoms with Gasteiger partial charge in [0.05, 0.1) is 24.0 Å². The third kappa shape index (κ3) is 3.44. The van der Waals surface area contributed by atoms with Gasteiger partial charge < -0.3 is 21.3 Å². The molecule has 108 valence electrons. The van der Waals surface area contributed by atoms with Crippen LogP contribution < -0.4 is 11.1 Å². The lowest BCUT2D eigenvalue weighted by Gasteiger charge is -2.07. The predicted molar refractivity (Wildman–Crippen MR) is 74.1 cm³/mol. The van der Waals surface area contributed by atoms with Crippen molar-refractivity contribution in [2.24, 2.45) is 0 Å². The number of carbonyl (C=O) groups is 2. The number of aromatic carboxylic acids is 2. The van der Waals surface area contributed by atoms with Gasteiger partial charge in [0, 0.05) is 5.69 Å². The normalized spacial score (nSPS) is 10.1. The number of aromatic nitrogens is 2. The first-order valence-corrected chi connectivity index (χ1v) is 5.89. The molecule has 0 bridgehead atoms. The van der Waals surface area contributed by atoms with Gasteiger partial charge in [-0.1, -0.05) is 0 Å². The number of nitrogens with two attached hydrogens (primary N) is 1. The van der Waals surface area contributed by atoms with E-state index in [-0.39, 0.29) is 29.3 Å². The number of nitrogens with zero attached hydrogens (tertiary/aromatic N) is 2. The summed E-state index contributed by atoms with van der Waals surface area (Å²) >= 11 is 0. The van der Waals surface area contributed by atoms with Crippen LogP contribution in [0.1, 0.15) is 26.7 Å². The highest BCUT2D eigenvalue weighted by molar-refractivity contribution is 5.91. The molecule has 21 heavy (non-hydrogen) atoms. The van der Waals surface area contributed by atoms with E-state index in [0.717, 1.165) is 0 Å². The van der Waals surface area contributed by atoms with Gasteiger partial charge >= 0.3 is 11.9 Å². The van der Waals surface area contributed by atoms with Crippen molar-refractivity contribution in [2.75, 3.05) is 11.1 Å². The van der Waals surface area contributed by atoms with Gasteiger partial charge in [-0.15, -0.1) is 0 Å². The number of carboxylic acids is 2. The molecule has 0 aliphatic rings. The molecule has 0 radical (unpaired) electrons. The molecule has 0 saturated heterocycles. The van der Waals surface area contributed by atoms with Gasteiger partial charge in [0.1, 0.15) is 5.82 Å². The molecule has 0 fully saturated rings. The maximum absolute atomic E-state index is 10.9. The highest BCUT2D eigenvalue weighted by Crippen LogP contribution is 2.12. The van der Waals surface area contributed by atoms with E-state index in [9.17, 15) is 9.59 Å². The van der Waals surface area contributed by atoms with Gasteiger partial charge in [-0.25, -0.2) is 19.6 Å². The molecule has 2 aromatic rings. The first kappa shape index (κ1) is 14.3. The molecule has 0 aliphatic heterocycles. The first-order valence-electron chi connectivity index (χ1n) is 5.89. The van der Waals surface area contributed by atoms with Crippen molar-refractivity contribution in [3.63, 3.8) is 0 Å². The van der Waals surface area contributed by atoms with E-state index in [1.165, 1.54) is 18.3 Å². The fourth-order valence-corrected chi connectivity index (χ4v) is 1.60. The SMILES string of the molecule is Nc1cnc(CNc2ccc(C(=O)O)cc2)nc1C(=O)O. The van der Waals surface area contributed by atoms with E-state index in [1.807, 2.05) is 0 Å². The second-order valence-corrected chi connectivity index (χ2v) is 4.13. The molecule has 2 rings (SSSR count). The number of nitrogens with one attached hydrogen (secondary N) is 1. The Morgan fingerprint density at radius 3 is 2.38 bits per heavy atom. The van der Waals surface area contributed by atoms with Crippen LogP contribution in [0.25, 0.3) is 0 Å². The molecular formula is C13H12N4O4. The van der Waals surface area contributed by atoms with Crippen LogP contribution >= 0.6 is 0 Å². The Morgan fingerprint density at radius 2 is 1.81 bits per heavy atom. The standard InChI is InChI=1S/C13H12N4O4/c14-9-5-16-10(17-11(9)13(20)21)6-15-8-3-1-7(2-4-8)12(18)19/h1-5,15H,6,14H2,(H,18,19)(H,20,21). The lowest BCUT2D eigenvalue weighted by molar-refractivity contribution is 0.0683. The highest BCUT2D eigenvalue weighted by Gasteiger charge is 2.11. The number of carboxylic acid groups (broad SMARTS) is 2. The summed E-state index contributed by atoms with van der Waals surface area (Å²) in [6, 6.07) is 6.10. The van der Waals surface area contributed by atoms with Gasteiger partial charge in [0.2, 0.25) is 0 Å². The zero-order chi connectivity index (χ0) is 15.4. The summed E-state index contributed by atoms with van der Waals surface area (Å²) in [6.07, 6.45) is 1.24. The van der Waals surface area contributed by atoms with E-state index >= 15 is 0 Å². The highest BCUT2D eigenvalue weighted by atomic mass is 16.4. The van der Waals surface area contributed by atoms with E-state index in [1.54, 1.807) is 12.1 Å². The zero-order valence-corrected chi connectivity index (χ0v) is 10.8. The van der Waals surface area contributed by atoms with Gasteiger partial charge in [0.25, 0.3) is 0 Å². The molecule has 8 nitrogen and oxygen atoms in total.